The Bertz CT molecular complexity index is 511. The maximum Gasteiger partial charge on any atom is 0.0887 e. The second-order valence-electron chi connectivity index (χ2n) is 3.48. The van der Waals surface area contributed by atoms with Crippen molar-refractivity contribution in [3.05, 3.63) is 36.3 Å². The number of rotatable bonds is 4. The molecule has 0 amide bonds. The summed E-state index contributed by atoms with van der Waals surface area (Å²) in [5.41, 5.74) is 1.90. The van der Waals surface area contributed by atoms with Crippen molar-refractivity contribution in [2.45, 2.75) is 12.8 Å². The molecule has 0 fully saturated rings. The molecule has 2 rings (SSSR count). The third kappa shape index (κ3) is 2.62. The standard InChI is InChI=1S/C11H12N2O2S/c14-16(15)6-2-3-9-7-12-8-11-10(9)4-1-5-13-11/h1,4-5,7-8H,2-3,6H2,(H,14,15)/p-1. The van der Waals surface area contributed by atoms with Crippen molar-refractivity contribution in [3.63, 3.8) is 0 Å². The van der Waals surface area contributed by atoms with Crippen LogP contribution >= 0.6 is 0 Å². The van der Waals surface area contributed by atoms with E-state index in [1.807, 2.05) is 12.1 Å². The van der Waals surface area contributed by atoms with Crippen LogP contribution in [0.3, 0.4) is 0 Å². The number of hydrogen-bond acceptors (Lipinski definition) is 4. The van der Waals surface area contributed by atoms with Gasteiger partial charge in [0.2, 0.25) is 0 Å². The summed E-state index contributed by atoms with van der Waals surface area (Å²) in [5, 5.41) is 1.05. The number of aryl methyl sites for hydroxylation is 1. The van der Waals surface area contributed by atoms with E-state index >= 15 is 0 Å². The van der Waals surface area contributed by atoms with Gasteiger partial charge in [0.05, 0.1) is 11.7 Å². The Hall–Kier alpha value is -1.33. The van der Waals surface area contributed by atoms with E-state index < -0.39 is 11.1 Å². The molecule has 0 aliphatic carbocycles. The number of pyridine rings is 2. The second kappa shape index (κ2) is 5.14. The topological polar surface area (TPSA) is 65.9 Å². The Morgan fingerprint density at radius 3 is 3.06 bits per heavy atom. The Labute approximate surface area is 96.0 Å². The van der Waals surface area contributed by atoms with Crippen LogP contribution in [0.15, 0.2) is 30.7 Å². The molecule has 0 aliphatic heterocycles. The lowest BCUT2D eigenvalue weighted by molar-refractivity contribution is 0.535. The number of aromatic nitrogens is 2. The quantitative estimate of drug-likeness (QED) is 0.752. The molecular formula is C11H11N2O2S-. The highest BCUT2D eigenvalue weighted by atomic mass is 32.2. The van der Waals surface area contributed by atoms with E-state index in [1.165, 1.54) is 0 Å². The van der Waals surface area contributed by atoms with Gasteiger partial charge < -0.3 is 4.55 Å². The van der Waals surface area contributed by atoms with Crippen molar-refractivity contribution in [3.8, 4) is 0 Å². The first-order valence-electron chi connectivity index (χ1n) is 5.01. The van der Waals surface area contributed by atoms with Gasteiger partial charge in [-0.25, -0.2) is 0 Å². The van der Waals surface area contributed by atoms with Crippen molar-refractivity contribution in [1.82, 2.24) is 9.97 Å². The third-order valence-corrected chi connectivity index (χ3v) is 2.99. The summed E-state index contributed by atoms with van der Waals surface area (Å²) >= 11 is -1.96. The van der Waals surface area contributed by atoms with Crippen molar-refractivity contribution in [2.75, 3.05) is 5.75 Å². The average molecular weight is 235 g/mol. The van der Waals surface area contributed by atoms with Gasteiger partial charge in [-0.15, -0.1) is 0 Å². The zero-order valence-electron chi connectivity index (χ0n) is 8.63. The van der Waals surface area contributed by atoms with E-state index in [1.54, 1.807) is 18.6 Å². The Balaban J connectivity index is 2.20. The van der Waals surface area contributed by atoms with Crippen LogP contribution in [0.25, 0.3) is 10.9 Å². The molecule has 1 unspecified atom stereocenters. The van der Waals surface area contributed by atoms with Gasteiger partial charge in [0, 0.05) is 23.5 Å². The molecule has 0 bridgehead atoms. The van der Waals surface area contributed by atoms with E-state index in [-0.39, 0.29) is 5.75 Å². The highest BCUT2D eigenvalue weighted by molar-refractivity contribution is 7.79. The van der Waals surface area contributed by atoms with Gasteiger partial charge in [-0.05, 0) is 24.5 Å². The van der Waals surface area contributed by atoms with Gasteiger partial charge >= 0.3 is 0 Å². The lowest BCUT2D eigenvalue weighted by atomic mass is 10.1. The molecule has 4 nitrogen and oxygen atoms in total. The zero-order chi connectivity index (χ0) is 11.4. The largest absolute Gasteiger partial charge is 0.772 e. The van der Waals surface area contributed by atoms with Crippen molar-refractivity contribution in [1.29, 1.82) is 0 Å². The minimum Gasteiger partial charge on any atom is -0.772 e. The predicted octanol–water partition coefficient (Wildman–Crippen LogP) is 1.44. The van der Waals surface area contributed by atoms with Crippen LogP contribution in [0.4, 0.5) is 0 Å². The maximum atomic E-state index is 10.4. The molecule has 0 saturated heterocycles. The normalized spacial score (nSPS) is 12.8. The van der Waals surface area contributed by atoms with Gasteiger partial charge in [0.1, 0.15) is 0 Å². The molecule has 84 valence electrons. The summed E-state index contributed by atoms with van der Waals surface area (Å²) in [6, 6.07) is 3.85. The molecule has 0 N–H and O–H groups in total. The summed E-state index contributed by atoms with van der Waals surface area (Å²) in [7, 11) is 0. The van der Waals surface area contributed by atoms with E-state index in [0.29, 0.717) is 12.8 Å². The summed E-state index contributed by atoms with van der Waals surface area (Å²) in [5.74, 6) is 0.191. The van der Waals surface area contributed by atoms with Crippen LogP contribution in [0.2, 0.25) is 0 Å². The zero-order valence-corrected chi connectivity index (χ0v) is 9.44. The van der Waals surface area contributed by atoms with E-state index in [2.05, 4.69) is 9.97 Å². The number of fused-ring (bicyclic) bond motifs is 1. The van der Waals surface area contributed by atoms with Crippen LogP contribution in [0.1, 0.15) is 12.0 Å². The fourth-order valence-electron chi connectivity index (χ4n) is 1.64. The van der Waals surface area contributed by atoms with Crippen molar-refractivity contribution in [2.24, 2.45) is 0 Å². The SMILES string of the molecule is O=S([O-])CCCc1cncc2ncccc12. The first-order valence-corrected chi connectivity index (χ1v) is 6.25. The van der Waals surface area contributed by atoms with Crippen LogP contribution < -0.4 is 0 Å². The third-order valence-electron chi connectivity index (χ3n) is 2.37. The van der Waals surface area contributed by atoms with Gasteiger partial charge in [0.15, 0.2) is 0 Å². The molecular weight excluding hydrogens is 224 g/mol. The monoisotopic (exact) mass is 235 g/mol. The molecule has 2 heterocycles. The van der Waals surface area contributed by atoms with E-state index in [0.717, 1.165) is 16.5 Å². The molecule has 0 aromatic carbocycles. The van der Waals surface area contributed by atoms with Crippen LogP contribution in [-0.2, 0) is 17.5 Å². The minimum atomic E-state index is -1.96. The molecule has 0 radical (unpaired) electrons. The Morgan fingerprint density at radius 2 is 2.25 bits per heavy atom. The summed E-state index contributed by atoms with van der Waals surface area (Å²) in [6.45, 7) is 0. The highest BCUT2D eigenvalue weighted by Crippen LogP contribution is 2.16. The highest BCUT2D eigenvalue weighted by Gasteiger charge is 2.01. The summed E-state index contributed by atoms with van der Waals surface area (Å²) in [6.07, 6.45) is 6.54. The molecule has 5 heteroatoms. The first kappa shape index (κ1) is 11.2. The molecule has 0 spiro atoms. The average Bonchev–Trinajstić information content (AvgIpc) is 2.29. The van der Waals surface area contributed by atoms with Gasteiger partial charge in [-0.1, -0.05) is 17.1 Å². The number of hydrogen-bond donors (Lipinski definition) is 0. The molecule has 2 aromatic heterocycles. The predicted molar refractivity (Wildman–Crippen MR) is 61.6 cm³/mol. The Kier molecular flexibility index (Phi) is 3.58. The summed E-state index contributed by atoms with van der Waals surface area (Å²) < 4.78 is 20.9. The van der Waals surface area contributed by atoms with E-state index in [9.17, 15) is 8.76 Å². The number of nitrogens with zero attached hydrogens (tertiary/aromatic N) is 2. The minimum absolute atomic E-state index is 0.191. The molecule has 0 saturated carbocycles. The van der Waals surface area contributed by atoms with Gasteiger partial charge in [-0.3, -0.25) is 14.2 Å². The molecule has 16 heavy (non-hydrogen) atoms. The van der Waals surface area contributed by atoms with Crippen molar-refractivity contribution >= 4 is 22.0 Å². The fourth-order valence-corrected chi connectivity index (χ4v) is 2.02. The fraction of sp³-hybridized carbons (Fsp3) is 0.273. The second-order valence-corrected chi connectivity index (χ2v) is 4.50. The van der Waals surface area contributed by atoms with Gasteiger partial charge in [0.25, 0.3) is 0 Å². The van der Waals surface area contributed by atoms with Crippen LogP contribution in [0.5, 0.6) is 0 Å². The van der Waals surface area contributed by atoms with Crippen LogP contribution in [-0.4, -0.2) is 24.5 Å². The van der Waals surface area contributed by atoms with Gasteiger partial charge in [-0.2, -0.15) is 0 Å². The Morgan fingerprint density at radius 1 is 1.38 bits per heavy atom. The smallest absolute Gasteiger partial charge is 0.0887 e. The lowest BCUT2D eigenvalue weighted by Gasteiger charge is -2.06. The van der Waals surface area contributed by atoms with Crippen molar-refractivity contribution < 1.29 is 8.76 Å². The van der Waals surface area contributed by atoms with Crippen LogP contribution in [0, 0.1) is 0 Å². The maximum absolute atomic E-state index is 10.4. The van der Waals surface area contributed by atoms with E-state index in [4.69, 9.17) is 0 Å². The molecule has 0 aliphatic rings. The molecule has 1 atom stereocenters. The summed E-state index contributed by atoms with van der Waals surface area (Å²) in [4.78, 5) is 8.29. The molecule has 2 aromatic rings. The first-order chi connectivity index (χ1) is 7.77. The lowest BCUT2D eigenvalue weighted by Crippen LogP contribution is -1.98.